The molecule has 1 aliphatic rings. The molecule has 0 spiro atoms. The average molecular weight is 342 g/mol. The fourth-order valence-electron chi connectivity index (χ4n) is 3.17. The lowest BCUT2D eigenvalue weighted by molar-refractivity contribution is -0.120. The molecule has 4 nitrogen and oxygen atoms in total. The standard InChI is InChI=1S/C20H23FN2O2/c1-25-19-7-6-15(12-18(19)21)13-20(24)22-9-11-23-10-8-16-4-2-3-5-17(16)14-23/h2-7,12H,8-11,13-14H2,1H3,(H,22,24). The zero-order chi connectivity index (χ0) is 17.6. The molecule has 0 aromatic heterocycles. The first-order valence-corrected chi connectivity index (χ1v) is 8.54. The van der Waals surface area contributed by atoms with Gasteiger partial charge in [0.2, 0.25) is 5.91 Å². The second-order valence-electron chi connectivity index (χ2n) is 6.29. The maximum Gasteiger partial charge on any atom is 0.224 e. The number of benzene rings is 2. The van der Waals surface area contributed by atoms with E-state index < -0.39 is 5.82 Å². The lowest BCUT2D eigenvalue weighted by Crippen LogP contribution is -2.38. The summed E-state index contributed by atoms with van der Waals surface area (Å²) in [4.78, 5) is 14.4. The van der Waals surface area contributed by atoms with Gasteiger partial charge in [-0.25, -0.2) is 4.39 Å². The van der Waals surface area contributed by atoms with Gasteiger partial charge in [0.1, 0.15) is 0 Å². The molecular formula is C20H23FN2O2. The van der Waals surface area contributed by atoms with Crippen LogP contribution in [0.4, 0.5) is 4.39 Å². The van der Waals surface area contributed by atoms with E-state index in [0.717, 1.165) is 26.1 Å². The normalized spacial score (nSPS) is 14.0. The van der Waals surface area contributed by atoms with E-state index in [9.17, 15) is 9.18 Å². The van der Waals surface area contributed by atoms with Crippen molar-refractivity contribution in [3.05, 3.63) is 65.0 Å². The summed E-state index contributed by atoms with van der Waals surface area (Å²) in [6, 6.07) is 13.1. The van der Waals surface area contributed by atoms with Gasteiger partial charge in [-0.05, 0) is 35.2 Å². The maximum absolute atomic E-state index is 13.7. The minimum absolute atomic E-state index is 0.0954. The van der Waals surface area contributed by atoms with Crippen LogP contribution < -0.4 is 10.1 Å². The highest BCUT2D eigenvalue weighted by molar-refractivity contribution is 5.78. The molecule has 0 aliphatic carbocycles. The zero-order valence-corrected chi connectivity index (χ0v) is 14.4. The minimum Gasteiger partial charge on any atom is -0.494 e. The smallest absolute Gasteiger partial charge is 0.224 e. The zero-order valence-electron chi connectivity index (χ0n) is 14.4. The highest BCUT2D eigenvalue weighted by Crippen LogP contribution is 2.19. The maximum atomic E-state index is 13.7. The summed E-state index contributed by atoms with van der Waals surface area (Å²) >= 11 is 0. The van der Waals surface area contributed by atoms with Crippen LogP contribution in [0.3, 0.4) is 0 Å². The third kappa shape index (κ3) is 4.57. The van der Waals surface area contributed by atoms with Gasteiger partial charge in [0.15, 0.2) is 11.6 Å². The van der Waals surface area contributed by atoms with Crippen LogP contribution >= 0.6 is 0 Å². The molecule has 2 aromatic rings. The molecule has 0 unspecified atom stereocenters. The summed E-state index contributed by atoms with van der Waals surface area (Å²) in [5.74, 6) is -0.351. The van der Waals surface area contributed by atoms with Gasteiger partial charge in [0, 0.05) is 26.2 Å². The molecule has 1 amide bonds. The van der Waals surface area contributed by atoms with Gasteiger partial charge in [-0.2, -0.15) is 0 Å². The van der Waals surface area contributed by atoms with Gasteiger partial charge < -0.3 is 10.1 Å². The Morgan fingerprint density at radius 2 is 2.04 bits per heavy atom. The van der Waals surface area contributed by atoms with E-state index in [4.69, 9.17) is 4.74 Å². The van der Waals surface area contributed by atoms with E-state index in [-0.39, 0.29) is 18.1 Å². The van der Waals surface area contributed by atoms with Gasteiger partial charge >= 0.3 is 0 Å². The average Bonchev–Trinajstić information content (AvgIpc) is 2.62. The van der Waals surface area contributed by atoms with Crippen molar-refractivity contribution in [2.75, 3.05) is 26.7 Å². The second kappa shape index (κ2) is 8.12. The van der Waals surface area contributed by atoms with Crippen molar-refractivity contribution in [3.63, 3.8) is 0 Å². The predicted molar refractivity (Wildman–Crippen MR) is 95.1 cm³/mol. The number of fused-ring (bicyclic) bond motifs is 1. The van der Waals surface area contributed by atoms with Gasteiger partial charge in [0.05, 0.1) is 13.5 Å². The number of nitrogens with zero attached hydrogens (tertiary/aromatic N) is 1. The SMILES string of the molecule is COc1ccc(CC(=O)NCCN2CCc3ccccc3C2)cc1F. The van der Waals surface area contributed by atoms with Crippen molar-refractivity contribution in [2.24, 2.45) is 0 Å². The fraction of sp³-hybridized carbons (Fsp3) is 0.350. The van der Waals surface area contributed by atoms with E-state index in [1.807, 2.05) is 0 Å². The van der Waals surface area contributed by atoms with Crippen molar-refractivity contribution < 1.29 is 13.9 Å². The Morgan fingerprint density at radius 1 is 1.24 bits per heavy atom. The molecule has 0 fully saturated rings. The summed E-state index contributed by atoms with van der Waals surface area (Å²) in [6.45, 7) is 3.35. The first kappa shape index (κ1) is 17.4. The molecule has 1 N–H and O–H groups in total. The summed E-state index contributed by atoms with van der Waals surface area (Å²) in [6.07, 6.45) is 1.22. The number of methoxy groups -OCH3 is 1. The number of hydrogen-bond acceptors (Lipinski definition) is 3. The Hall–Kier alpha value is -2.40. The van der Waals surface area contributed by atoms with Crippen molar-refractivity contribution in [1.82, 2.24) is 10.2 Å². The predicted octanol–water partition coefficient (Wildman–Crippen LogP) is 2.55. The van der Waals surface area contributed by atoms with E-state index in [1.165, 1.54) is 24.3 Å². The summed E-state index contributed by atoms with van der Waals surface area (Å²) in [5, 5.41) is 2.92. The third-order valence-electron chi connectivity index (χ3n) is 4.54. The molecule has 0 saturated heterocycles. The molecule has 0 radical (unpaired) electrons. The Bertz CT molecular complexity index is 748. The number of carbonyl (C=O) groups is 1. The summed E-state index contributed by atoms with van der Waals surface area (Å²) < 4.78 is 18.5. The van der Waals surface area contributed by atoms with Crippen LogP contribution in [0.1, 0.15) is 16.7 Å². The third-order valence-corrected chi connectivity index (χ3v) is 4.54. The molecule has 0 bridgehead atoms. The molecule has 0 saturated carbocycles. The van der Waals surface area contributed by atoms with Gasteiger partial charge in [0.25, 0.3) is 0 Å². The lowest BCUT2D eigenvalue weighted by Gasteiger charge is -2.28. The summed E-state index contributed by atoms with van der Waals surface area (Å²) in [7, 11) is 1.42. The first-order valence-electron chi connectivity index (χ1n) is 8.54. The van der Waals surface area contributed by atoms with Crippen molar-refractivity contribution in [3.8, 4) is 5.75 Å². The van der Waals surface area contributed by atoms with Gasteiger partial charge in [-0.3, -0.25) is 9.69 Å². The molecule has 25 heavy (non-hydrogen) atoms. The fourth-order valence-corrected chi connectivity index (χ4v) is 3.17. The first-order chi connectivity index (χ1) is 12.2. The summed E-state index contributed by atoms with van der Waals surface area (Å²) in [5.41, 5.74) is 3.43. The molecule has 3 rings (SSSR count). The highest BCUT2D eigenvalue weighted by Gasteiger charge is 2.15. The number of rotatable bonds is 6. The lowest BCUT2D eigenvalue weighted by atomic mass is 10.00. The second-order valence-corrected chi connectivity index (χ2v) is 6.29. The van der Waals surface area contributed by atoms with Crippen molar-refractivity contribution >= 4 is 5.91 Å². The van der Waals surface area contributed by atoms with Crippen LogP contribution in [0.25, 0.3) is 0 Å². The monoisotopic (exact) mass is 342 g/mol. The van der Waals surface area contributed by atoms with Gasteiger partial charge in [-0.15, -0.1) is 0 Å². The number of hydrogen-bond donors (Lipinski definition) is 1. The largest absolute Gasteiger partial charge is 0.494 e. The van der Waals surface area contributed by atoms with Crippen LogP contribution in [0.15, 0.2) is 42.5 Å². The van der Waals surface area contributed by atoms with Crippen molar-refractivity contribution in [2.45, 2.75) is 19.4 Å². The molecule has 1 heterocycles. The Morgan fingerprint density at radius 3 is 2.80 bits per heavy atom. The number of ether oxygens (including phenoxy) is 1. The molecule has 0 atom stereocenters. The molecule has 5 heteroatoms. The molecule has 1 aliphatic heterocycles. The molecular weight excluding hydrogens is 319 g/mol. The number of carbonyl (C=O) groups excluding carboxylic acids is 1. The van der Waals surface area contributed by atoms with Crippen LogP contribution in [-0.4, -0.2) is 37.6 Å². The quantitative estimate of drug-likeness (QED) is 0.877. The van der Waals surface area contributed by atoms with E-state index >= 15 is 0 Å². The van der Waals surface area contributed by atoms with Crippen LogP contribution in [0.5, 0.6) is 5.75 Å². The Kier molecular flexibility index (Phi) is 5.66. The van der Waals surface area contributed by atoms with E-state index in [1.54, 1.807) is 12.1 Å². The van der Waals surface area contributed by atoms with E-state index in [0.29, 0.717) is 12.1 Å². The van der Waals surface area contributed by atoms with Crippen molar-refractivity contribution in [1.29, 1.82) is 0 Å². The molecule has 2 aromatic carbocycles. The number of amides is 1. The Balaban J connectivity index is 1.43. The van der Waals surface area contributed by atoms with Crippen LogP contribution in [-0.2, 0) is 24.2 Å². The van der Waals surface area contributed by atoms with E-state index in [2.05, 4.69) is 34.5 Å². The van der Waals surface area contributed by atoms with Gasteiger partial charge in [-0.1, -0.05) is 30.3 Å². The minimum atomic E-state index is -0.445. The van der Waals surface area contributed by atoms with Crippen LogP contribution in [0, 0.1) is 5.82 Å². The number of halogens is 1. The molecule has 132 valence electrons. The topological polar surface area (TPSA) is 41.6 Å². The number of nitrogens with one attached hydrogen (secondary N) is 1. The Labute approximate surface area is 147 Å². The highest BCUT2D eigenvalue weighted by atomic mass is 19.1. The van der Waals surface area contributed by atoms with Crippen LogP contribution in [0.2, 0.25) is 0 Å².